The van der Waals surface area contributed by atoms with Crippen molar-refractivity contribution >= 4 is 11.6 Å². The highest BCUT2D eigenvalue weighted by molar-refractivity contribution is 5.94. The summed E-state index contributed by atoms with van der Waals surface area (Å²) in [4.78, 5) is 13.8. The van der Waals surface area contributed by atoms with Gasteiger partial charge in [0.15, 0.2) is 0 Å². The van der Waals surface area contributed by atoms with Gasteiger partial charge in [0, 0.05) is 38.0 Å². The molecule has 0 saturated carbocycles. The van der Waals surface area contributed by atoms with Crippen molar-refractivity contribution in [1.82, 2.24) is 4.90 Å². The lowest BCUT2D eigenvalue weighted by Gasteiger charge is -2.17. The van der Waals surface area contributed by atoms with Gasteiger partial charge in [0.25, 0.3) is 5.91 Å². The normalized spacial score (nSPS) is 10.3. The van der Waals surface area contributed by atoms with E-state index in [1.54, 1.807) is 11.9 Å². The van der Waals surface area contributed by atoms with E-state index in [1.165, 1.54) is 0 Å². The van der Waals surface area contributed by atoms with E-state index in [4.69, 9.17) is 4.74 Å². The van der Waals surface area contributed by atoms with Gasteiger partial charge in [0.2, 0.25) is 0 Å². The average molecular weight is 264 g/mol. The molecule has 4 nitrogen and oxygen atoms in total. The van der Waals surface area contributed by atoms with E-state index in [-0.39, 0.29) is 5.91 Å². The van der Waals surface area contributed by atoms with Gasteiger partial charge in [0.05, 0.1) is 6.61 Å². The van der Waals surface area contributed by atoms with E-state index in [1.807, 2.05) is 31.2 Å². The quantitative estimate of drug-likeness (QED) is 0.734. The lowest BCUT2D eigenvalue weighted by atomic mass is 10.2. The summed E-state index contributed by atoms with van der Waals surface area (Å²) in [5.41, 5.74) is 1.76. The molecule has 0 saturated heterocycles. The van der Waals surface area contributed by atoms with Crippen LogP contribution in [0.2, 0.25) is 0 Å². The number of hydrogen-bond donors (Lipinski definition) is 1. The van der Waals surface area contributed by atoms with Crippen molar-refractivity contribution in [2.45, 2.75) is 20.3 Å². The highest BCUT2D eigenvalue weighted by Gasteiger charge is 2.10. The number of amides is 1. The minimum atomic E-state index is 0.0294. The van der Waals surface area contributed by atoms with E-state index in [0.29, 0.717) is 25.3 Å². The summed E-state index contributed by atoms with van der Waals surface area (Å²) in [5.74, 6) is 0.0294. The third-order valence-electron chi connectivity index (χ3n) is 2.83. The smallest absolute Gasteiger partial charge is 0.253 e. The van der Waals surface area contributed by atoms with Gasteiger partial charge in [-0.2, -0.15) is 0 Å². The molecule has 0 radical (unpaired) electrons. The number of carbonyl (C=O) groups is 1. The van der Waals surface area contributed by atoms with Crippen LogP contribution in [0.25, 0.3) is 0 Å². The fourth-order valence-corrected chi connectivity index (χ4v) is 1.67. The van der Waals surface area contributed by atoms with Crippen LogP contribution in [0.1, 0.15) is 30.6 Å². The molecule has 19 heavy (non-hydrogen) atoms. The number of likely N-dealkylation sites (N-methyl/N-ethyl adjacent to an activating group) is 1. The Morgan fingerprint density at radius 2 is 1.95 bits per heavy atom. The number of nitrogens with one attached hydrogen (secondary N) is 1. The number of rotatable bonds is 8. The molecule has 1 N–H and O–H groups in total. The molecule has 0 fully saturated rings. The van der Waals surface area contributed by atoms with Crippen molar-refractivity contribution in [3.63, 3.8) is 0 Å². The molecule has 0 aliphatic heterocycles. The average Bonchev–Trinajstić information content (AvgIpc) is 2.45. The summed E-state index contributed by atoms with van der Waals surface area (Å²) in [7, 11) is 1.80. The summed E-state index contributed by atoms with van der Waals surface area (Å²) in [5, 5.41) is 3.29. The first-order chi connectivity index (χ1) is 9.19. The zero-order chi connectivity index (χ0) is 14.1. The van der Waals surface area contributed by atoms with E-state index in [0.717, 1.165) is 18.7 Å². The zero-order valence-corrected chi connectivity index (χ0v) is 12.1. The lowest BCUT2D eigenvalue weighted by Crippen LogP contribution is -2.30. The standard InChI is InChI=1S/C15H24N2O2/c1-4-10-16-14-8-6-13(7-9-14)15(18)17(3)11-12-19-5-2/h6-9,16H,4-5,10-12H2,1-3H3. The monoisotopic (exact) mass is 264 g/mol. The van der Waals surface area contributed by atoms with Crippen LogP contribution in [0.15, 0.2) is 24.3 Å². The maximum Gasteiger partial charge on any atom is 0.253 e. The molecule has 0 atom stereocenters. The van der Waals surface area contributed by atoms with Crippen LogP contribution >= 0.6 is 0 Å². The topological polar surface area (TPSA) is 41.6 Å². The van der Waals surface area contributed by atoms with Crippen LogP contribution in [-0.2, 0) is 4.74 Å². The van der Waals surface area contributed by atoms with Crippen LogP contribution < -0.4 is 5.32 Å². The van der Waals surface area contributed by atoms with Gasteiger partial charge in [-0.05, 0) is 37.6 Å². The Labute approximate surface area is 115 Å². The molecule has 1 rings (SSSR count). The second kappa shape index (κ2) is 8.53. The van der Waals surface area contributed by atoms with Gasteiger partial charge in [-0.3, -0.25) is 4.79 Å². The molecule has 4 heteroatoms. The zero-order valence-electron chi connectivity index (χ0n) is 12.1. The molecule has 0 unspecified atom stereocenters. The Kier molecular flexibility index (Phi) is 6.97. The van der Waals surface area contributed by atoms with Gasteiger partial charge in [-0.1, -0.05) is 6.92 Å². The maximum atomic E-state index is 12.1. The fourth-order valence-electron chi connectivity index (χ4n) is 1.67. The molecule has 1 aromatic rings. The summed E-state index contributed by atoms with van der Waals surface area (Å²) in [6, 6.07) is 7.60. The highest BCUT2D eigenvalue weighted by Crippen LogP contribution is 2.11. The molecule has 0 aromatic heterocycles. The van der Waals surface area contributed by atoms with Crippen LogP contribution in [0.4, 0.5) is 5.69 Å². The molecule has 0 aliphatic rings. The molecule has 0 bridgehead atoms. The molecule has 0 spiro atoms. The van der Waals surface area contributed by atoms with Crippen molar-refractivity contribution in [3.05, 3.63) is 29.8 Å². The van der Waals surface area contributed by atoms with Gasteiger partial charge in [-0.15, -0.1) is 0 Å². The maximum absolute atomic E-state index is 12.1. The molecular weight excluding hydrogens is 240 g/mol. The minimum Gasteiger partial charge on any atom is -0.385 e. The van der Waals surface area contributed by atoms with E-state index < -0.39 is 0 Å². The fraction of sp³-hybridized carbons (Fsp3) is 0.533. The lowest BCUT2D eigenvalue weighted by molar-refractivity contribution is 0.0710. The van der Waals surface area contributed by atoms with Gasteiger partial charge in [-0.25, -0.2) is 0 Å². The predicted molar refractivity (Wildman–Crippen MR) is 78.7 cm³/mol. The Morgan fingerprint density at radius 1 is 1.26 bits per heavy atom. The van der Waals surface area contributed by atoms with Crippen molar-refractivity contribution < 1.29 is 9.53 Å². The van der Waals surface area contributed by atoms with Crippen molar-refractivity contribution in [1.29, 1.82) is 0 Å². The largest absolute Gasteiger partial charge is 0.385 e. The van der Waals surface area contributed by atoms with E-state index >= 15 is 0 Å². The minimum absolute atomic E-state index is 0.0294. The Hall–Kier alpha value is -1.55. The van der Waals surface area contributed by atoms with Crippen LogP contribution in [-0.4, -0.2) is 44.2 Å². The number of hydrogen-bond acceptors (Lipinski definition) is 3. The van der Waals surface area contributed by atoms with Crippen LogP contribution in [0, 0.1) is 0 Å². The van der Waals surface area contributed by atoms with Crippen molar-refractivity contribution in [2.75, 3.05) is 38.7 Å². The number of nitrogens with zero attached hydrogens (tertiary/aromatic N) is 1. The Balaban J connectivity index is 2.52. The number of carbonyl (C=O) groups excluding carboxylic acids is 1. The molecule has 1 amide bonds. The van der Waals surface area contributed by atoms with Crippen molar-refractivity contribution in [3.8, 4) is 0 Å². The second-order valence-corrected chi connectivity index (χ2v) is 4.43. The van der Waals surface area contributed by atoms with Crippen LogP contribution in [0.5, 0.6) is 0 Å². The third-order valence-corrected chi connectivity index (χ3v) is 2.83. The first kappa shape index (κ1) is 15.5. The molecular formula is C15H24N2O2. The first-order valence-corrected chi connectivity index (χ1v) is 6.86. The van der Waals surface area contributed by atoms with Crippen molar-refractivity contribution in [2.24, 2.45) is 0 Å². The number of ether oxygens (including phenoxy) is 1. The van der Waals surface area contributed by atoms with Gasteiger partial charge in [0.1, 0.15) is 0 Å². The van der Waals surface area contributed by atoms with E-state index in [2.05, 4.69) is 12.2 Å². The SMILES string of the molecule is CCCNc1ccc(C(=O)N(C)CCOCC)cc1. The molecule has 1 aromatic carbocycles. The van der Waals surface area contributed by atoms with Gasteiger partial charge < -0.3 is 15.0 Å². The summed E-state index contributed by atoms with van der Waals surface area (Å²) >= 11 is 0. The molecule has 0 heterocycles. The second-order valence-electron chi connectivity index (χ2n) is 4.43. The molecule has 106 valence electrons. The van der Waals surface area contributed by atoms with Gasteiger partial charge >= 0.3 is 0 Å². The summed E-state index contributed by atoms with van der Waals surface area (Å²) in [6.07, 6.45) is 1.08. The molecule has 0 aliphatic carbocycles. The summed E-state index contributed by atoms with van der Waals surface area (Å²) in [6.45, 7) is 6.89. The van der Waals surface area contributed by atoms with Crippen LogP contribution in [0.3, 0.4) is 0 Å². The highest BCUT2D eigenvalue weighted by atomic mass is 16.5. The summed E-state index contributed by atoms with van der Waals surface area (Å²) < 4.78 is 5.25. The first-order valence-electron chi connectivity index (χ1n) is 6.86. The Morgan fingerprint density at radius 3 is 2.53 bits per heavy atom. The van der Waals surface area contributed by atoms with E-state index in [9.17, 15) is 4.79 Å². The predicted octanol–water partition coefficient (Wildman–Crippen LogP) is 2.62. The number of benzene rings is 1. The number of anilines is 1. The Bertz CT molecular complexity index is 376. The third kappa shape index (κ3) is 5.30.